The van der Waals surface area contributed by atoms with Crippen molar-refractivity contribution < 1.29 is 8.42 Å². The van der Waals surface area contributed by atoms with Crippen LogP contribution in [0.5, 0.6) is 0 Å². The zero-order valence-electron chi connectivity index (χ0n) is 46.6. The van der Waals surface area contributed by atoms with Gasteiger partial charge in [-0.25, -0.2) is 0 Å². The Bertz CT molecular complexity index is 5100. The van der Waals surface area contributed by atoms with E-state index in [1.165, 1.54) is 0 Å². The standard InChI is InChI=1S/C60H6.C22H22N2O2S/c1-3-5-7-9-11-13-15-17-19-21-23-25-27-29-31-33-35-37-39-41-43-45-47-49-51-53-55-57-59-60-58-56-54-52-50-48-46-44-42-40-38-36-34-32-30-28-26-24-22-20-18-16-14-12-10-8-6-4-2;1-16-4-10-19(11-5-16)22(20-12-6-17(2)7-13-20)23-24-27(25,26)21-14-8-18(3)9-15-21/h1-2H3;4-15,24H,1-3H3. The van der Waals surface area contributed by atoms with E-state index in [1.807, 2.05) is 69.3 Å². The molecule has 1 N–H and O–H groups in total. The summed E-state index contributed by atoms with van der Waals surface area (Å²) in [6, 6.07) is 22.3. The molecule has 87 heavy (non-hydrogen) atoms. The molecular weight excluding hydrogens is 1080 g/mol. The second-order valence-corrected chi connectivity index (χ2v) is 15.8. The van der Waals surface area contributed by atoms with Crippen LogP contribution >= 0.6 is 0 Å². The maximum Gasteiger partial charge on any atom is 0.276 e. The third-order valence-electron chi connectivity index (χ3n) is 7.95. The smallest absolute Gasteiger partial charge is 0.200 e. The third kappa shape index (κ3) is 39.4. The Morgan fingerprint density at radius 3 is 0.563 bits per heavy atom. The van der Waals surface area contributed by atoms with Gasteiger partial charge in [-0.3, -0.25) is 0 Å². The lowest BCUT2D eigenvalue weighted by Gasteiger charge is -2.10. The molecule has 0 heterocycles. The number of benzene rings is 3. The predicted octanol–water partition coefficient (Wildman–Crippen LogP) is 5.47. The van der Waals surface area contributed by atoms with Crippen molar-refractivity contribution in [3.05, 3.63) is 101 Å². The van der Waals surface area contributed by atoms with Crippen LogP contribution in [0.15, 0.2) is 82.8 Å². The zero-order chi connectivity index (χ0) is 62.5. The zero-order valence-corrected chi connectivity index (χ0v) is 47.4. The van der Waals surface area contributed by atoms with Gasteiger partial charge in [0.05, 0.1) is 10.6 Å². The van der Waals surface area contributed by atoms with Crippen molar-refractivity contribution in [2.75, 3.05) is 0 Å². The van der Waals surface area contributed by atoms with Crippen LogP contribution in [0.1, 0.15) is 41.7 Å². The summed E-state index contributed by atoms with van der Waals surface area (Å²) < 4.78 is 25.2. The molecule has 0 radical (unpaired) electrons. The van der Waals surface area contributed by atoms with Crippen molar-refractivity contribution in [2.45, 2.75) is 39.5 Å². The molecule has 0 saturated heterocycles. The molecular formula is C82H28N2O2S. The molecule has 5 heteroatoms. The fraction of sp³-hybridized carbons (Fsp3) is 0.0610. The molecule has 384 valence electrons. The van der Waals surface area contributed by atoms with Gasteiger partial charge < -0.3 is 0 Å². The van der Waals surface area contributed by atoms with E-state index in [9.17, 15) is 8.42 Å². The Kier molecular flexibility index (Phi) is 37.7. The Hall–Kier alpha value is -15.7. The molecule has 0 aliphatic heterocycles. The van der Waals surface area contributed by atoms with Crippen molar-refractivity contribution in [3.8, 4) is 343 Å². The molecule has 3 rings (SSSR count). The minimum absolute atomic E-state index is 0.184. The lowest BCUT2D eigenvalue weighted by atomic mass is 10.0. The summed E-state index contributed by atoms with van der Waals surface area (Å²) in [5.41, 5.74) is 5.51. The van der Waals surface area contributed by atoms with Gasteiger partial charge in [-0.05, 0) is 141 Å². The van der Waals surface area contributed by atoms with Crippen LogP contribution in [0, 0.1) is 364 Å². The van der Waals surface area contributed by atoms with Crippen molar-refractivity contribution in [2.24, 2.45) is 5.10 Å². The van der Waals surface area contributed by atoms with Crippen LogP contribution in [0.3, 0.4) is 0 Å². The molecule has 0 amide bonds. The molecule has 0 aliphatic rings. The number of hydrazone groups is 1. The largest absolute Gasteiger partial charge is 0.276 e. The average molecular weight is 1110 g/mol. The number of hydrogen-bond acceptors (Lipinski definition) is 3. The summed E-state index contributed by atoms with van der Waals surface area (Å²) >= 11 is 0. The third-order valence-corrected chi connectivity index (χ3v) is 9.17. The highest BCUT2D eigenvalue weighted by atomic mass is 32.2. The lowest BCUT2D eigenvalue weighted by molar-refractivity contribution is 0.584. The highest BCUT2D eigenvalue weighted by molar-refractivity contribution is 7.89. The van der Waals surface area contributed by atoms with Crippen LogP contribution in [-0.2, 0) is 10.0 Å². The first-order valence-corrected chi connectivity index (χ1v) is 25.4. The summed E-state index contributed by atoms with van der Waals surface area (Å²) in [6.45, 7) is 9.30. The Balaban J connectivity index is 0.000000783. The summed E-state index contributed by atoms with van der Waals surface area (Å²) in [7, 11) is -3.74. The molecule has 0 spiro atoms. The highest BCUT2D eigenvalue weighted by Crippen LogP contribution is 2.15. The van der Waals surface area contributed by atoms with E-state index in [2.05, 4.69) is 353 Å². The first-order chi connectivity index (χ1) is 42.8. The van der Waals surface area contributed by atoms with Gasteiger partial charge in [-0.2, -0.15) is 18.4 Å². The van der Waals surface area contributed by atoms with Crippen molar-refractivity contribution in [1.29, 1.82) is 0 Å². The van der Waals surface area contributed by atoms with Crippen LogP contribution in [0.2, 0.25) is 0 Å². The number of aryl methyl sites for hydroxylation is 3. The van der Waals surface area contributed by atoms with E-state index >= 15 is 0 Å². The molecule has 3 aromatic carbocycles. The van der Waals surface area contributed by atoms with E-state index < -0.39 is 10.0 Å². The fourth-order valence-electron chi connectivity index (χ4n) is 4.41. The maximum absolute atomic E-state index is 12.6. The molecule has 0 bridgehead atoms. The number of nitrogens with one attached hydrogen (secondary N) is 1. The number of rotatable bonds is 5. The van der Waals surface area contributed by atoms with Gasteiger partial charge in [0.25, 0.3) is 10.0 Å². The van der Waals surface area contributed by atoms with Crippen LogP contribution in [-0.4, -0.2) is 14.1 Å². The van der Waals surface area contributed by atoms with Crippen molar-refractivity contribution in [3.63, 3.8) is 0 Å². The van der Waals surface area contributed by atoms with Gasteiger partial charge in [-0.15, -0.1) is 0 Å². The number of nitrogens with zero attached hydrogens (tertiary/aromatic N) is 1. The lowest BCUT2D eigenvalue weighted by Crippen LogP contribution is -2.21. The van der Waals surface area contributed by atoms with Gasteiger partial charge in [0.2, 0.25) is 0 Å². The monoisotopic (exact) mass is 1100 g/mol. The van der Waals surface area contributed by atoms with Crippen LogP contribution in [0.4, 0.5) is 0 Å². The predicted molar refractivity (Wildman–Crippen MR) is 346 cm³/mol. The Labute approximate surface area is 514 Å². The SMILES string of the molecule is CC#CC#CC#CC#CC#CC#CC#CC#CC#CC#CC#CC#CC#CC#CC#CC#CC#CC#CC#CC#CC#CC#CC#CC#CC#CC#CC#CC#CC#CC.Cc1ccc(C(=NNS(=O)(=O)c2ccc(C)cc2)c2ccc(C)cc2)cc1. The van der Waals surface area contributed by atoms with Crippen molar-refractivity contribution in [1.82, 2.24) is 4.83 Å². The topological polar surface area (TPSA) is 58.5 Å². The summed E-state index contributed by atoms with van der Waals surface area (Å²) in [6.07, 6.45) is 0. The molecule has 0 saturated carbocycles. The normalized spacial score (nSPS) is 6.17. The fourth-order valence-corrected chi connectivity index (χ4v) is 5.22. The van der Waals surface area contributed by atoms with E-state index in [1.54, 1.807) is 38.1 Å². The number of sulfonamides is 1. The van der Waals surface area contributed by atoms with Crippen molar-refractivity contribution >= 4 is 15.7 Å². The number of hydrogen-bond donors (Lipinski definition) is 1. The molecule has 4 nitrogen and oxygen atoms in total. The van der Waals surface area contributed by atoms with Gasteiger partial charge in [0, 0.05) is 248 Å². The molecule has 0 fully saturated rings. The molecule has 0 aromatic heterocycles. The van der Waals surface area contributed by atoms with Gasteiger partial charge >= 0.3 is 0 Å². The van der Waals surface area contributed by atoms with E-state index in [-0.39, 0.29) is 4.90 Å². The van der Waals surface area contributed by atoms with E-state index in [0.29, 0.717) is 5.71 Å². The quantitative estimate of drug-likeness (QED) is 0.210. The van der Waals surface area contributed by atoms with Crippen LogP contribution in [0.25, 0.3) is 0 Å². The second kappa shape index (κ2) is 48.7. The summed E-state index contributed by atoms with van der Waals surface area (Å²) in [5, 5.41) is 4.27. The molecule has 0 aliphatic carbocycles. The Morgan fingerprint density at radius 2 is 0.402 bits per heavy atom. The van der Waals surface area contributed by atoms with Gasteiger partial charge in [0.1, 0.15) is 0 Å². The molecule has 0 atom stereocenters. The van der Waals surface area contributed by atoms with Gasteiger partial charge in [-0.1, -0.05) is 89.2 Å². The van der Waals surface area contributed by atoms with E-state index in [0.717, 1.165) is 27.8 Å². The summed E-state index contributed by atoms with van der Waals surface area (Å²) in [4.78, 5) is 2.57. The Morgan fingerprint density at radius 1 is 0.253 bits per heavy atom. The molecule has 0 unspecified atom stereocenters. The molecule has 3 aromatic rings. The first kappa shape index (κ1) is 67.4. The van der Waals surface area contributed by atoms with E-state index in [4.69, 9.17) is 0 Å². The first-order valence-electron chi connectivity index (χ1n) is 23.9. The maximum atomic E-state index is 12.6. The highest BCUT2D eigenvalue weighted by Gasteiger charge is 2.14. The minimum atomic E-state index is -3.74. The van der Waals surface area contributed by atoms with Crippen LogP contribution < -0.4 is 4.83 Å². The average Bonchev–Trinajstić information content (AvgIpc) is 2.64. The van der Waals surface area contributed by atoms with Gasteiger partial charge in [0.15, 0.2) is 0 Å². The minimum Gasteiger partial charge on any atom is -0.200 e. The second-order valence-electron chi connectivity index (χ2n) is 14.1. The summed E-state index contributed by atoms with van der Waals surface area (Å²) in [5.74, 6) is 146.